The number of hydrogen-bond donors (Lipinski definition) is 2. The Hall–Kier alpha value is -2.58. The molecule has 0 atom stereocenters. The van der Waals surface area contributed by atoms with E-state index in [1.807, 2.05) is 0 Å². The van der Waals surface area contributed by atoms with Gasteiger partial charge in [0.1, 0.15) is 0 Å². The maximum atomic E-state index is 13.8. The minimum atomic E-state index is -1.40. The summed E-state index contributed by atoms with van der Waals surface area (Å²) in [5, 5.41) is 11.7. The molecule has 106 valence electrons. The molecule has 0 aliphatic heterocycles. The van der Waals surface area contributed by atoms with Crippen molar-refractivity contribution in [1.29, 1.82) is 0 Å². The lowest BCUT2D eigenvalue weighted by molar-refractivity contribution is 0.0697. The van der Waals surface area contributed by atoms with E-state index in [1.54, 1.807) is 0 Å². The average molecular weight is 308 g/mol. The Balaban J connectivity index is 2.51. The molecule has 0 spiro atoms. The number of benzene rings is 2. The molecule has 0 aliphatic rings. The first-order chi connectivity index (χ1) is 9.93. The second-order valence-electron chi connectivity index (χ2n) is 4.05. The smallest absolute Gasteiger partial charge is 0.337 e. The molecular formula is C15H8ClF2NO2. The van der Waals surface area contributed by atoms with Gasteiger partial charge < -0.3 is 10.4 Å². The van der Waals surface area contributed by atoms with Gasteiger partial charge in [-0.15, -0.1) is 6.42 Å². The van der Waals surface area contributed by atoms with Crippen LogP contribution in [-0.2, 0) is 0 Å². The quantitative estimate of drug-likeness (QED) is 0.841. The first-order valence-electron chi connectivity index (χ1n) is 5.68. The van der Waals surface area contributed by atoms with Crippen molar-refractivity contribution in [3.8, 4) is 12.3 Å². The van der Waals surface area contributed by atoms with Crippen LogP contribution in [0.2, 0.25) is 5.02 Å². The Bertz CT molecular complexity index is 769. The van der Waals surface area contributed by atoms with Crippen LogP contribution in [0.3, 0.4) is 0 Å². The highest BCUT2D eigenvalue weighted by Gasteiger charge is 2.19. The van der Waals surface area contributed by atoms with Gasteiger partial charge in [0.25, 0.3) is 0 Å². The third kappa shape index (κ3) is 2.96. The van der Waals surface area contributed by atoms with Crippen LogP contribution in [0, 0.1) is 24.0 Å². The zero-order valence-electron chi connectivity index (χ0n) is 10.5. The zero-order valence-corrected chi connectivity index (χ0v) is 11.2. The van der Waals surface area contributed by atoms with Crippen molar-refractivity contribution in [3.63, 3.8) is 0 Å². The van der Waals surface area contributed by atoms with Crippen LogP contribution in [0.4, 0.5) is 20.2 Å². The fourth-order valence-electron chi connectivity index (χ4n) is 1.69. The van der Waals surface area contributed by atoms with Crippen molar-refractivity contribution in [2.24, 2.45) is 0 Å². The Labute approximate surface area is 124 Å². The number of terminal acetylenes is 1. The van der Waals surface area contributed by atoms with E-state index in [4.69, 9.17) is 23.1 Å². The fraction of sp³-hybridized carbons (Fsp3) is 0. The summed E-state index contributed by atoms with van der Waals surface area (Å²) in [6, 6.07) is 6.14. The third-order valence-electron chi connectivity index (χ3n) is 2.72. The SMILES string of the molecule is C#Cc1ccc(Nc2c(C(=O)O)ccc(F)c2F)c(Cl)c1. The molecule has 0 aliphatic carbocycles. The summed E-state index contributed by atoms with van der Waals surface area (Å²) in [5.74, 6) is -1.49. The van der Waals surface area contributed by atoms with Gasteiger partial charge in [-0.3, -0.25) is 0 Å². The maximum Gasteiger partial charge on any atom is 0.337 e. The molecule has 2 aromatic carbocycles. The van der Waals surface area contributed by atoms with Crippen LogP contribution < -0.4 is 5.32 Å². The normalized spacial score (nSPS) is 10.0. The molecule has 0 unspecified atom stereocenters. The molecule has 6 heteroatoms. The lowest BCUT2D eigenvalue weighted by atomic mass is 10.1. The summed E-state index contributed by atoms with van der Waals surface area (Å²) in [4.78, 5) is 11.1. The molecule has 0 heterocycles. The van der Waals surface area contributed by atoms with Crippen LogP contribution in [0.25, 0.3) is 0 Å². The van der Waals surface area contributed by atoms with Crippen LogP contribution in [0.5, 0.6) is 0 Å². The largest absolute Gasteiger partial charge is 0.478 e. The predicted octanol–water partition coefficient (Wildman–Crippen LogP) is 4.04. The Morgan fingerprint density at radius 2 is 2.00 bits per heavy atom. The molecule has 0 aromatic heterocycles. The molecule has 0 fully saturated rings. The molecule has 0 radical (unpaired) electrons. The van der Waals surface area contributed by atoms with Gasteiger partial charge in [0.2, 0.25) is 0 Å². The Kier molecular flexibility index (Phi) is 4.10. The summed E-state index contributed by atoms with van der Waals surface area (Å²) in [5.41, 5.74) is -0.199. The van der Waals surface area contributed by atoms with E-state index in [1.165, 1.54) is 18.2 Å². The second-order valence-corrected chi connectivity index (χ2v) is 4.46. The summed E-state index contributed by atoms with van der Waals surface area (Å²) in [6.45, 7) is 0. The number of rotatable bonds is 3. The van der Waals surface area contributed by atoms with Gasteiger partial charge in [0.15, 0.2) is 11.6 Å². The van der Waals surface area contributed by atoms with Crippen LogP contribution >= 0.6 is 11.6 Å². The van der Waals surface area contributed by atoms with Crippen LogP contribution in [0.1, 0.15) is 15.9 Å². The summed E-state index contributed by atoms with van der Waals surface area (Å²) >= 11 is 5.96. The topological polar surface area (TPSA) is 49.3 Å². The molecule has 0 bridgehead atoms. The first kappa shape index (κ1) is 14.8. The van der Waals surface area contributed by atoms with Gasteiger partial charge in [0.05, 0.1) is 22.0 Å². The van der Waals surface area contributed by atoms with E-state index < -0.39 is 28.9 Å². The minimum Gasteiger partial charge on any atom is -0.478 e. The van der Waals surface area contributed by atoms with Crippen LogP contribution in [0.15, 0.2) is 30.3 Å². The summed E-state index contributed by atoms with van der Waals surface area (Å²) in [6.07, 6.45) is 5.21. The van der Waals surface area contributed by atoms with Gasteiger partial charge >= 0.3 is 5.97 Å². The van der Waals surface area contributed by atoms with E-state index in [-0.39, 0.29) is 10.7 Å². The number of anilines is 2. The second kappa shape index (κ2) is 5.81. The lowest BCUT2D eigenvalue weighted by Crippen LogP contribution is -2.07. The fourth-order valence-corrected chi connectivity index (χ4v) is 1.92. The molecule has 3 nitrogen and oxygen atoms in total. The first-order valence-corrected chi connectivity index (χ1v) is 6.06. The number of nitrogens with one attached hydrogen (secondary N) is 1. The Morgan fingerprint density at radius 3 is 2.57 bits per heavy atom. The lowest BCUT2D eigenvalue weighted by Gasteiger charge is -2.12. The molecule has 0 saturated heterocycles. The van der Waals surface area contributed by atoms with Crippen molar-refractivity contribution in [2.75, 3.05) is 5.32 Å². The van der Waals surface area contributed by atoms with Gasteiger partial charge in [-0.05, 0) is 30.3 Å². The number of halogens is 3. The van der Waals surface area contributed by atoms with Crippen LogP contribution in [-0.4, -0.2) is 11.1 Å². The minimum absolute atomic E-state index is 0.158. The molecule has 0 amide bonds. The highest BCUT2D eigenvalue weighted by Crippen LogP contribution is 2.30. The number of carbonyl (C=O) groups is 1. The van der Waals surface area contributed by atoms with Gasteiger partial charge in [-0.1, -0.05) is 17.5 Å². The maximum absolute atomic E-state index is 13.8. The molecule has 2 rings (SSSR count). The monoisotopic (exact) mass is 307 g/mol. The van der Waals surface area contributed by atoms with Crippen molar-refractivity contribution >= 4 is 28.9 Å². The molecule has 2 N–H and O–H groups in total. The Morgan fingerprint density at radius 1 is 1.29 bits per heavy atom. The summed E-state index contributed by atoms with van der Waals surface area (Å²) < 4.78 is 27.1. The van der Waals surface area contributed by atoms with Gasteiger partial charge in [-0.25, -0.2) is 13.6 Å². The standard InChI is InChI=1S/C15H8ClF2NO2/c1-2-8-3-6-12(10(16)7-8)19-14-9(15(20)21)4-5-11(17)13(14)18/h1,3-7,19H,(H,20,21). The number of hydrogen-bond acceptors (Lipinski definition) is 2. The molecule has 21 heavy (non-hydrogen) atoms. The molecular weight excluding hydrogens is 300 g/mol. The highest BCUT2D eigenvalue weighted by atomic mass is 35.5. The van der Waals surface area contributed by atoms with Crippen molar-refractivity contribution in [1.82, 2.24) is 0 Å². The van der Waals surface area contributed by atoms with E-state index in [9.17, 15) is 13.6 Å². The number of carboxylic acids is 1. The number of carboxylic acid groups (broad SMARTS) is 1. The van der Waals surface area contributed by atoms with Crippen molar-refractivity contribution < 1.29 is 18.7 Å². The van der Waals surface area contributed by atoms with E-state index in [0.717, 1.165) is 12.1 Å². The average Bonchev–Trinajstić information content (AvgIpc) is 2.45. The molecule has 2 aromatic rings. The van der Waals surface area contributed by atoms with Crippen molar-refractivity contribution in [3.05, 3.63) is 58.1 Å². The van der Waals surface area contributed by atoms with E-state index >= 15 is 0 Å². The predicted molar refractivity (Wildman–Crippen MR) is 76.0 cm³/mol. The van der Waals surface area contributed by atoms with Gasteiger partial charge in [-0.2, -0.15) is 0 Å². The van der Waals surface area contributed by atoms with E-state index in [2.05, 4.69) is 11.2 Å². The van der Waals surface area contributed by atoms with Crippen molar-refractivity contribution in [2.45, 2.75) is 0 Å². The molecule has 0 saturated carbocycles. The van der Waals surface area contributed by atoms with Gasteiger partial charge in [0, 0.05) is 5.56 Å². The third-order valence-corrected chi connectivity index (χ3v) is 3.03. The van der Waals surface area contributed by atoms with E-state index in [0.29, 0.717) is 5.56 Å². The summed E-state index contributed by atoms with van der Waals surface area (Å²) in [7, 11) is 0. The zero-order chi connectivity index (χ0) is 15.6. The highest BCUT2D eigenvalue weighted by molar-refractivity contribution is 6.33. The number of aromatic carboxylic acids is 1.